The van der Waals surface area contributed by atoms with Crippen LogP contribution in [0.1, 0.15) is 25.7 Å². The minimum absolute atomic E-state index is 0.121. The van der Waals surface area contributed by atoms with Gasteiger partial charge in [0, 0.05) is 12.4 Å². The molecular weight excluding hydrogens is 366 g/mol. The van der Waals surface area contributed by atoms with Gasteiger partial charge in [0.2, 0.25) is 5.91 Å². The summed E-state index contributed by atoms with van der Waals surface area (Å²) in [5.41, 5.74) is 1.62. The van der Waals surface area contributed by atoms with Gasteiger partial charge in [0.1, 0.15) is 12.4 Å². The van der Waals surface area contributed by atoms with E-state index >= 15 is 0 Å². The highest BCUT2D eigenvalue weighted by Gasteiger charge is 2.24. The predicted molar refractivity (Wildman–Crippen MR) is 112 cm³/mol. The van der Waals surface area contributed by atoms with Crippen LogP contribution in [0.4, 0.5) is 0 Å². The number of para-hydroxylation sites is 2. The van der Waals surface area contributed by atoms with Crippen LogP contribution in [-0.4, -0.2) is 25.2 Å². The Morgan fingerprint density at radius 3 is 2.59 bits per heavy atom. The Bertz CT molecular complexity index is 1260. The summed E-state index contributed by atoms with van der Waals surface area (Å²) in [4.78, 5) is 30.1. The van der Waals surface area contributed by atoms with E-state index < -0.39 is 0 Å². The molecule has 2 aromatic heterocycles. The zero-order valence-electron chi connectivity index (χ0n) is 16.7. The van der Waals surface area contributed by atoms with E-state index in [1.165, 1.54) is 4.68 Å². The van der Waals surface area contributed by atoms with Crippen molar-refractivity contribution in [2.24, 2.45) is 13.0 Å². The third-order valence-corrected chi connectivity index (χ3v) is 5.14. The van der Waals surface area contributed by atoms with Gasteiger partial charge in [0.25, 0.3) is 5.56 Å². The van der Waals surface area contributed by atoms with Crippen LogP contribution >= 0.6 is 0 Å². The van der Waals surface area contributed by atoms with Crippen LogP contribution in [-0.2, 0) is 18.4 Å². The number of nitrogens with zero attached hydrogens (tertiary/aromatic N) is 4. The van der Waals surface area contributed by atoms with Gasteiger partial charge in [-0.05, 0) is 24.1 Å². The highest BCUT2D eigenvalue weighted by Crippen LogP contribution is 2.24. The molecule has 0 aliphatic carbocycles. The summed E-state index contributed by atoms with van der Waals surface area (Å²) in [7, 11) is 1.95. The van der Waals surface area contributed by atoms with Gasteiger partial charge in [-0.15, -0.1) is 0 Å². The molecule has 0 unspecified atom stereocenters. The molecule has 29 heavy (non-hydrogen) atoms. The molecule has 0 fully saturated rings. The second kappa shape index (κ2) is 7.50. The lowest BCUT2D eigenvalue weighted by Crippen LogP contribution is -2.38. The summed E-state index contributed by atoms with van der Waals surface area (Å²) >= 11 is 0. The summed E-state index contributed by atoms with van der Waals surface area (Å²) in [5, 5.41) is 8.49. The molecule has 0 saturated heterocycles. The van der Waals surface area contributed by atoms with Crippen molar-refractivity contribution in [3.63, 3.8) is 0 Å². The van der Waals surface area contributed by atoms with Crippen LogP contribution in [0.2, 0.25) is 0 Å². The standard InChI is InChI=1S/C22H23N5O2/c1-14(2)20(21-24-17-10-6-7-11-18(17)26(21)3)25-19(28)13-27-22(29)16-9-5-4-8-15(16)12-23-27/h4-12,14,20H,13H2,1-3H3,(H,25,28)/t20-/m0/s1. The van der Waals surface area contributed by atoms with Crippen molar-refractivity contribution in [3.8, 4) is 0 Å². The lowest BCUT2D eigenvalue weighted by Gasteiger charge is -2.22. The first-order valence-electron chi connectivity index (χ1n) is 9.61. The molecule has 7 heteroatoms. The fourth-order valence-corrected chi connectivity index (χ4v) is 3.57. The summed E-state index contributed by atoms with van der Waals surface area (Å²) < 4.78 is 3.20. The number of benzene rings is 2. The van der Waals surface area contributed by atoms with E-state index in [1.807, 2.05) is 61.9 Å². The summed E-state index contributed by atoms with van der Waals surface area (Å²) in [6, 6.07) is 14.8. The van der Waals surface area contributed by atoms with E-state index in [2.05, 4.69) is 10.4 Å². The Morgan fingerprint density at radius 2 is 1.83 bits per heavy atom. The number of hydrogen-bond acceptors (Lipinski definition) is 4. The van der Waals surface area contributed by atoms with Crippen molar-refractivity contribution in [3.05, 3.63) is 70.9 Å². The highest BCUT2D eigenvalue weighted by molar-refractivity contribution is 5.81. The minimum Gasteiger partial charge on any atom is -0.344 e. The molecule has 148 valence electrons. The number of carbonyl (C=O) groups is 1. The second-order valence-corrected chi connectivity index (χ2v) is 7.50. The second-order valence-electron chi connectivity index (χ2n) is 7.50. The molecule has 0 aliphatic rings. The fourth-order valence-electron chi connectivity index (χ4n) is 3.57. The third-order valence-electron chi connectivity index (χ3n) is 5.14. The molecule has 7 nitrogen and oxygen atoms in total. The Morgan fingerprint density at radius 1 is 1.10 bits per heavy atom. The lowest BCUT2D eigenvalue weighted by molar-refractivity contribution is -0.123. The smallest absolute Gasteiger partial charge is 0.275 e. The van der Waals surface area contributed by atoms with Crippen LogP contribution in [0.25, 0.3) is 21.8 Å². The van der Waals surface area contributed by atoms with E-state index in [9.17, 15) is 9.59 Å². The number of amides is 1. The van der Waals surface area contributed by atoms with Crippen molar-refractivity contribution >= 4 is 27.7 Å². The molecule has 1 atom stereocenters. The quantitative estimate of drug-likeness (QED) is 0.569. The van der Waals surface area contributed by atoms with Crippen molar-refractivity contribution < 1.29 is 4.79 Å². The molecule has 0 bridgehead atoms. The molecule has 1 N–H and O–H groups in total. The number of nitrogens with one attached hydrogen (secondary N) is 1. The zero-order valence-corrected chi connectivity index (χ0v) is 16.7. The Kier molecular flexibility index (Phi) is 4.88. The number of hydrogen-bond donors (Lipinski definition) is 1. The molecule has 0 radical (unpaired) electrons. The number of carbonyl (C=O) groups excluding carboxylic acids is 1. The first kappa shape index (κ1) is 18.9. The monoisotopic (exact) mass is 389 g/mol. The molecule has 0 spiro atoms. The summed E-state index contributed by atoms with van der Waals surface area (Å²) in [5.74, 6) is 0.629. The third kappa shape index (κ3) is 3.51. The van der Waals surface area contributed by atoms with Gasteiger partial charge in [0.15, 0.2) is 0 Å². The lowest BCUT2D eigenvalue weighted by atomic mass is 10.0. The average molecular weight is 389 g/mol. The van der Waals surface area contributed by atoms with E-state index in [1.54, 1.807) is 18.3 Å². The molecule has 2 heterocycles. The topological polar surface area (TPSA) is 81.8 Å². The van der Waals surface area contributed by atoms with Gasteiger partial charge >= 0.3 is 0 Å². The maximum absolute atomic E-state index is 12.8. The molecule has 4 rings (SSSR count). The van der Waals surface area contributed by atoms with Crippen LogP contribution < -0.4 is 10.9 Å². The van der Waals surface area contributed by atoms with Crippen LogP contribution in [0.15, 0.2) is 59.5 Å². The number of imidazole rings is 1. The van der Waals surface area contributed by atoms with Crippen LogP contribution in [0.3, 0.4) is 0 Å². The highest BCUT2D eigenvalue weighted by atomic mass is 16.2. The molecule has 0 saturated carbocycles. The number of aromatic nitrogens is 4. The van der Waals surface area contributed by atoms with Gasteiger partial charge in [-0.3, -0.25) is 9.59 Å². The number of aryl methyl sites for hydroxylation is 1. The van der Waals surface area contributed by atoms with Crippen molar-refractivity contribution in [1.82, 2.24) is 24.6 Å². The average Bonchev–Trinajstić information content (AvgIpc) is 3.05. The zero-order chi connectivity index (χ0) is 20.5. The van der Waals surface area contributed by atoms with Gasteiger partial charge in [-0.2, -0.15) is 5.10 Å². The van der Waals surface area contributed by atoms with Crippen molar-refractivity contribution in [2.75, 3.05) is 0 Å². The number of rotatable bonds is 5. The molecule has 1 amide bonds. The Labute approximate surface area is 168 Å². The van der Waals surface area contributed by atoms with E-state index in [0.717, 1.165) is 22.2 Å². The maximum atomic E-state index is 12.8. The first-order valence-corrected chi connectivity index (χ1v) is 9.61. The van der Waals surface area contributed by atoms with Crippen LogP contribution in [0.5, 0.6) is 0 Å². The van der Waals surface area contributed by atoms with E-state index in [4.69, 9.17) is 4.98 Å². The molecule has 0 aliphatic heterocycles. The molecular formula is C22H23N5O2. The van der Waals surface area contributed by atoms with Gasteiger partial charge < -0.3 is 9.88 Å². The van der Waals surface area contributed by atoms with Gasteiger partial charge in [-0.25, -0.2) is 9.67 Å². The predicted octanol–water partition coefficient (Wildman–Crippen LogP) is 2.80. The van der Waals surface area contributed by atoms with E-state index in [0.29, 0.717) is 5.39 Å². The SMILES string of the molecule is CC(C)[C@H](NC(=O)Cn1ncc2ccccc2c1=O)c1nc2ccccc2n1C. The maximum Gasteiger partial charge on any atom is 0.275 e. The van der Waals surface area contributed by atoms with Gasteiger partial charge in [-0.1, -0.05) is 44.2 Å². The fraction of sp³-hybridized carbons (Fsp3) is 0.273. The Balaban J connectivity index is 1.61. The van der Waals surface area contributed by atoms with Gasteiger partial charge in [0.05, 0.1) is 28.7 Å². The van der Waals surface area contributed by atoms with E-state index in [-0.39, 0.29) is 30.0 Å². The minimum atomic E-state index is -0.281. The first-order chi connectivity index (χ1) is 14.0. The van der Waals surface area contributed by atoms with Crippen molar-refractivity contribution in [1.29, 1.82) is 0 Å². The normalized spacial score (nSPS) is 12.6. The summed E-state index contributed by atoms with van der Waals surface area (Å²) in [6.07, 6.45) is 1.61. The Hall–Kier alpha value is -3.48. The summed E-state index contributed by atoms with van der Waals surface area (Å²) in [6.45, 7) is 3.92. The van der Waals surface area contributed by atoms with Crippen LogP contribution in [0, 0.1) is 5.92 Å². The molecule has 2 aromatic carbocycles. The van der Waals surface area contributed by atoms with Crippen molar-refractivity contribution in [2.45, 2.75) is 26.4 Å². The molecule has 4 aromatic rings. The number of fused-ring (bicyclic) bond motifs is 2. The largest absolute Gasteiger partial charge is 0.344 e.